The molecular weight excluding hydrogens is 206 g/mol. The number of hydrogen-bond acceptors (Lipinski definition) is 4. The number of morpholine rings is 1. The van der Waals surface area contributed by atoms with Crippen LogP contribution in [0.15, 0.2) is 0 Å². The van der Waals surface area contributed by atoms with Gasteiger partial charge in [-0.25, -0.2) is 0 Å². The van der Waals surface area contributed by atoms with Crippen LogP contribution in [0.1, 0.15) is 17.0 Å². The number of fused-ring (bicyclic) bond motifs is 1. The maximum atomic E-state index is 5.47. The van der Waals surface area contributed by atoms with Crippen molar-refractivity contribution >= 4 is 0 Å². The van der Waals surface area contributed by atoms with Crippen molar-refractivity contribution in [1.82, 2.24) is 15.5 Å². The second kappa shape index (κ2) is 4.53. The molecule has 0 bridgehead atoms. The van der Waals surface area contributed by atoms with E-state index in [0.717, 1.165) is 44.9 Å². The molecule has 0 aromatic carbocycles. The Labute approximate surface area is 94.5 Å². The minimum absolute atomic E-state index is 0.392. The second-order valence-corrected chi connectivity index (χ2v) is 4.36. The molecule has 88 valence electrons. The van der Waals surface area contributed by atoms with Gasteiger partial charge in [-0.3, -0.25) is 5.10 Å². The molecular formula is C11H17N3O2. The van der Waals surface area contributed by atoms with Crippen LogP contribution >= 0.6 is 0 Å². The summed E-state index contributed by atoms with van der Waals surface area (Å²) in [6, 6.07) is 0.392. The Morgan fingerprint density at radius 3 is 3.19 bits per heavy atom. The van der Waals surface area contributed by atoms with Gasteiger partial charge in [-0.15, -0.1) is 0 Å². The summed E-state index contributed by atoms with van der Waals surface area (Å²) in [6.07, 6.45) is 1.88. The fourth-order valence-electron chi connectivity index (χ4n) is 2.32. The summed E-state index contributed by atoms with van der Waals surface area (Å²) in [5.41, 5.74) is 3.65. The Morgan fingerprint density at radius 2 is 2.31 bits per heavy atom. The fraction of sp³-hybridized carbons (Fsp3) is 0.727. The largest absolute Gasteiger partial charge is 0.379 e. The Morgan fingerprint density at radius 1 is 1.31 bits per heavy atom. The third-order valence-electron chi connectivity index (χ3n) is 3.22. The summed E-state index contributed by atoms with van der Waals surface area (Å²) in [6.45, 7) is 4.04. The third kappa shape index (κ3) is 1.98. The lowest BCUT2D eigenvalue weighted by molar-refractivity contribution is 0.0760. The van der Waals surface area contributed by atoms with E-state index in [9.17, 15) is 0 Å². The molecule has 2 N–H and O–H groups in total. The predicted molar refractivity (Wildman–Crippen MR) is 58.3 cm³/mol. The maximum Gasteiger partial charge on any atom is 0.0753 e. The predicted octanol–water partition coefficient (Wildman–Crippen LogP) is 0.0133. The quantitative estimate of drug-likeness (QED) is 0.741. The monoisotopic (exact) mass is 223 g/mol. The van der Waals surface area contributed by atoms with Gasteiger partial charge in [0.15, 0.2) is 0 Å². The molecule has 1 saturated heterocycles. The van der Waals surface area contributed by atoms with Crippen molar-refractivity contribution in [2.24, 2.45) is 0 Å². The minimum atomic E-state index is 0.392. The average Bonchev–Trinajstić information content (AvgIpc) is 2.74. The van der Waals surface area contributed by atoms with E-state index in [1.165, 1.54) is 11.3 Å². The van der Waals surface area contributed by atoms with Crippen LogP contribution in [0.3, 0.4) is 0 Å². The Bertz CT molecular complexity index is 358. The van der Waals surface area contributed by atoms with Gasteiger partial charge in [0.05, 0.1) is 32.1 Å². The molecule has 5 nitrogen and oxygen atoms in total. The van der Waals surface area contributed by atoms with Crippen molar-refractivity contribution in [1.29, 1.82) is 0 Å². The molecule has 0 amide bonds. The molecule has 2 aliphatic rings. The highest BCUT2D eigenvalue weighted by molar-refractivity contribution is 5.27. The molecule has 1 atom stereocenters. The van der Waals surface area contributed by atoms with E-state index < -0.39 is 0 Å². The van der Waals surface area contributed by atoms with Gasteiger partial charge in [0.1, 0.15) is 0 Å². The van der Waals surface area contributed by atoms with Crippen molar-refractivity contribution in [2.75, 3.05) is 26.4 Å². The summed E-state index contributed by atoms with van der Waals surface area (Å²) >= 11 is 0. The molecule has 1 fully saturated rings. The standard InChI is InChI=1S/C11H17N3O2/c1-3-15-7-9-10(1)13-14-11(9)5-8-6-16-4-2-12-8/h8,12H,1-7H2,(H,13,14). The lowest BCUT2D eigenvalue weighted by Gasteiger charge is -2.23. The van der Waals surface area contributed by atoms with Gasteiger partial charge in [-0.05, 0) is 0 Å². The number of aromatic nitrogens is 2. The normalized spacial score (nSPS) is 25.4. The summed E-state index contributed by atoms with van der Waals surface area (Å²) in [4.78, 5) is 0. The fourth-order valence-corrected chi connectivity index (χ4v) is 2.32. The lowest BCUT2D eigenvalue weighted by atomic mass is 10.0. The molecule has 0 radical (unpaired) electrons. The molecule has 3 heterocycles. The van der Waals surface area contributed by atoms with E-state index in [4.69, 9.17) is 9.47 Å². The highest BCUT2D eigenvalue weighted by Crippen LogP contribution is 2.19. The molecule has 0 saturated carbocycles. The zero-order valence-corrected chi connectivity index (χ0v) is 9.29. The highest BCUT2D eigenvalue weighted by Gasteiger charge is 2.21. The van der Waals surface area contributed by atoms with Gasteiger partial charge in [0.25, 0.3) is 0 Å². The lowest BCUT2D eigenvalue weighted by Crippen LogP contribution is -2.42. The molecule has 1 aromatic heterocycles. The number of nitrogens with zero attached hydrogens (tertiary/aromatic N) is 1. The molecule has 2 aliphatic heterocycles. The highest BCUT2D eigenvalue weighted by atomic mass is 16.5. The van der Waals surface area contributed by atoms with E-state index in [1.807, 2.05) is 0 Å². The van der Waals surface area contributed by atoms with Gasteiger partial charge < -0.3 is 14.8 Å². The van der Waals surface area contributed by atoms with Crippen molar-refractivity contribution in [2.45, 2.75) is 25.5 Å². The first kappa shape index (κ1) is 10.3. The number of rotatable bonds is 2. The Hall–Kier alpha value is -0.910. The summed E-state index contributed by atoms with van der Waals surface area (Å²) < 4.78 is 10.9. The van der Waals surface area contributed by atoms with E-state index in [1.54, 1.807) is 0 Å². The van der Waals surface area contributed by atoms with E-state index in [2.05, 4.69) is 15.5 Å². The first-order chi connectivity index (χ1) is 7.93. The number of nitrogens with one attached hydrogen (secondary N) is 2. The van der Waals surface area contributed by atoms with Crippen molar-refractivity contribution in [3.05, 3.63) is 17.0 Å². The topological polar surface area (TPSA) is 59.2 Å². The first-order valence-electron chi connectivity index (χ1n) is 5.87. The van der Waals surface area contributed by atoms with E-state index >= 15 is 0 Å². The van der Waals surface area contributed by atoms with Crippen LogP contribution in [-0.2, 0) is 28.9 Å². The second-order valence-electron chi connectivity index (χ2n) is 4.36. The first-order valence-corrected chi connectivity index (χ1v) is 5.87. The maximum absolute atomic E-state index is 5.47. The van der Waals surface area contributed by atoms with Crippen LogP contribution in [-0.4, -0.2) is 42.6 Å². The van der Waals surface area contributed by atoms with Crippen LogP contribution in [0.5, 0.6) is 0 Å². The van der Waals surface area contributed by atoms with Crippen molar-refractivity contribution in [3.63, 3.8) is 0 Å². The number of ether oxygens (including phenoxy) is 2. The Kier molecular flexibility index (Phi) is 2.90. The zero-order chi connectivity index (χ0) is 10.8. The van der Waals surface area contributed by atoms with Crippen LogP contribution < -0.4 is 5.32 Å². The van der Waals surface area contributed by atoms with Gasteiger partial charge >= 0.3 is 0 Å². The van der Waals surface area contributed by atoms with E-state index in [0.29, 0.717) is 12.6 Å². The summed E-state index contributed by atoms with van der Waals surface area (Å²) in [7, 11) is 0. The average molecular weight is 223 g/mol. The number of H-pyrrole nitrogens is 1. The van der Waals surface area contributed by atoms with Crippen LogP contribution in [0, 0.1) is 0 Å². The molecule has 1 unspecified atom stereocenters. The zero-order valence-electron chi connectivity index (χ0n) is 9.29. The van der Waals surface area contributed by atoms with E-state index in [-0.39, 0.29) is 0 Å². The van der Waals surface area contributed by atoms with Crippen LogP contribution in [0.2, 0.25) is 0 Å². The minimum Gasteiger partial charge on any atom is -0.379 e. The van der Waals surface area contributed by atoms with Gasteiger partial charge in [0.2, 0.25) is 0 Å². The SMILES string of the molecule is C1COCC(Cc2n[nH]c3c2COCC3)N1. The van der Waals surface area contributed by atoms with Crippen LogP contribution in [0.25, 0.3) is 0 Å². The summed E-state index contributed by atoms with van der Waals surface area (Å²) in [5, 5.41) is 11.0. The molecule has 3 rings (SSSR count). The molecule has 16 heavy (non-hydrogen) atoms. The smallest absolute Gasteiger partial charge is 0.0753 e. The number of aromatic amines is 1. The van der Waals surface area contributed by atoms with Gasteiger partial charge in [-0.1, -0.05) is 0 Å². The molecule has 5 heteroatoms. The molecule has 0 aliphatic carbocycles. The number of hydrogen-bond donors (Lipinski definition) is 2. The van der Waals surface area contributed by atoms with Crippen LogP contribution in [0.4, 0.5) is 0 Å². The van der Waals surface area contributed by atoms with Crippen molar-refractivity contribution in [3.8, 4) is 0 Å². The third-order valence-corrected chi connectivity index (χ3v) is 3.22. The Balaban J connectivity index is 1.71. The molecule has 0 spiro atoms. The van der Waals surface area contributed by atoms with Gasteiger partial charge in [-0.2, -0.15) is 5.10 Å². The van der Waals surface area contributed by atoms with Gasteiger partial charge in [0, 0.05) is 36.7 Å². The van der Waals surface area contributed by atoms with Crippen molar-refractivity contribution < 1.29 is 9.47 Å². The molecule has 1 aromatic rings. The summed E-state index contributed by atoms with van der Waals surface area (Å²) in [5.74, 6) is 0.